The summed E-state index contributed by atoms with van der Waals surface area (Å²) in [7, 11) is 1.86. The molecule has 18 heavy (non-hydrogen) atoms. The van der Waals surface area contributed by atoms with E-state index in [1.807, 2.05) is 19.3 Å². The monoisotopic (exact) mass is 243 g/mol. The van der Waals surface area contributed by atoms with Gasteiger partial charge in [-0.15, -0.1) is 0 Å². The number of fused-ring (bicyclic) bond motifs is 1. The van der Waals surface area contributed by atoms with Gasteiger partial charge in [0.15, 0.2) is 0 Å². The van der Waals surface area contributed by atoms with Crippen molar-refractivity contribution in [1.82, 2.24) is 15.1 Å². The molecule has 94 valence electrons. The van der Waals surface area contributed by atoms with E-state index >= 15 is 0 Å². The molecular formula is C14H17N3O. The lowest BCUT2D eigenvalue weighted by atomic mass is 9.89. The number of hydrogen-bond donors (Lipinski definition) is 2. The summed E-state index contributed by atoms with van der Waals surface area (Å²) in [6.45, 7) is 0.902. The number of aliphatic hydroxyl groups excluding tert-OH is 1. The van der Waals surface area contributed by atoms with Crippen LogP contribution in [0.15, 0.2) is 36.7 Å². The molecule has 0 fully saturated rings. The quantitative estimate of drug-likeness (QED) is 0.837. The molecule has 1 aliphatic rings. The highest BCUT2D eigenvalue weighted by Crippen LogP contribution is 2.32. The summed E-state index contributed by atoms with van der Waals surface area (Å²) in [6.07, 6.45) is 4.06. The normalized spacial score (nSPS) is 20.4. The van der Waals surface area contributed by atoms with Crippen molar-refractivity contribution in [3.05, 3.63) is 53.3 Å². The maximum absolute atomic E-state index is 10.5. The second-order valence-corrected chi connectivity index (χ2v) is 4.77. The van der Waals surface area contributed by atoms with Gasteiger partial charge in [0, 0.05) is 18.8 Å². The predicted molar refractivity (Wildman–Crippen MR) is 69.1 cm³/mol. The fourth-order valence-corrected chi connectivity index (χ4v) is 2.60. The van der Waals surface area contributed by atoms with Crippen molar-refractivity contribution in [3.63, 3.8) is 0 Å². The number of aryl methyl sites for hydroxylation is 1. The summed E-state index contributed by atoms with van der Waals surface area (Å²) in [5, 5.41) is 18.0. The molecule has 0 spiro atoms. The molecule has 0 amide bonds. The zero-order valence-corrected chi connectivity index (χ0v) is 10.4. The number of rotatable bonds is 2. The fourth-order valence-electron chi connectivity index (χ4n) is 2.60. The molecule has 0 radical (unpaired) electrons. The Kier molecular flexibility index (Phi) is 2.89. The molecule has 0 saturated carbocycles. The highest BCUT2D eigenvalue weighted by Gasteiger charge is 2.27. The summed E-state index contributed by atoms with van der Waals surface area (Å²) >= 11 is 0. The first-order valence-electron chi connectivity index (χ1n) is 6.23. The average molecular weight is 243 g/mol. The fraction of sp³-hybridized carbons (Fsp3) is 0.357. The number of benzene rings is 1. The van der Waals surface area contributed by atoms with E-state index in [0.29, 0.717) is 0 Å². The van der Waals surface area contributed by atoms with Crippen LogP contribution in [0.25, 0.3) is 0 Å². The van der Waals surface area contributed by atoms with Gasteiger partial charge in [0.1, 0.15) is 6.10 Å². The highest BCUT2D eigenvalue weighted by atomic mass is 16.3. The molecule has 4 nitrogen and oxygen atoms in total. The van der Waals surface area contributed by atoms with Crippen molar-refractivity contribution >= 4 is 0 Å². The molecule has 2 heterocycles. The first-order valence-corrected chi connectivity index (χ1v) is 6.23. The SMILES string of the molecule is Cn1cc(C(O)C2NCCc3ccccc32)cn1. The summed E-state index contributed by atoms with van der Waals surface area (Å²) in [5.74, 6) is 0. The van der Waals surface area contributed by atoms with Crippen molar-refractivity contribution < 1.29 is 5.11 Å². The van der Waals surface area contributed by atoms with Crippen LogP contribution < -0.4 is 5.32 Å². The molecule has 2 aromatic rings. The van der Waals surface area contributed by atoms with Crippen LogP contribution in [0.2, 0.25) is 0 Å². The molecule has 1 aromatic heterocycles. The van der Waals surface area contributed by atoms with Crippen LogP contribution >= 0.6 is 0 Å². The Labute approximate surface area is 106 Å². The maximum Gasteiger partial charge on any atom is 0.101 e. The zero-order chi connectivity index (χ0) is 12.5. The standard InChI is InChI=1S/C14H17N3O/c1-17-9-11(8-16-17)14(18)13-12-5-3-2-4-10(12)6-7-15-13/h2-5,8-9,13-15,18H,6-7H2,1H3. The second kappa shape index (κ2) is 4.55. The van der Waals surface area contributed by atoms with Crippen molar-refractivity contribution in [1.29, 1.82) is 0 Å². The molecule has 4 heteroatoms. The van der Waals surface area contributed by atoms with Gasteiger partial charge in [0.25, 0.3) is 0 Å². The van der Waals surface area contributed by atoms with Crippen molar-refractivity contribution in [3.8, 4) is 0 Å². The van der Waals surface area contributed by atoms with Gasteiger partial charge in [0.05, 0.1) is 12.2 Å². The molecule has 0 bridgehead atoms. The summed E-state index contributed by atoms with van der Waals surface area (Å²) < 4.78 is 1.72. The summed E-state index contributed by atoms with van der Waals surface area (Å²) in [4.78, 5) is 0. The second-order valence-electron chi connectivity index (χ2n) is 4.77. The van der Waals surface area contributed by atoms with Gasteiger partial charge in [-0.3, -0.25) is 4.68 Å². The molecular weight excluding hydrogens is 226 g/mol. The van der Waals surface area contributed by atoms with Gasteiger partial charge in [-0.2, -0.15) is 5.10 Å². The van der Waals surface area contributed by atoms with E-state index in [4.69, 9.17) is 0 Å². The lowest BCUT2D eigenvalue weighted by Gasteiger charge is -2.30. The van der Waals surface area contributed by atoms with Crippen LogP contribution in [0, 0.1) is 0 Å². The Morgan fingerprint density at radius 2 is 2.28 bits per heavy atom. The number of nitrogens with zero attached hydrogens (tertiary/aromatic N) is 2. The van der Waals surface area contributed by atoms with Gasteiger partial charge < -0.3 is 10.4 Å². The van der Waals surface area contributed by atoms with Crippen LogP contribution in [-0.4, -0.2) is 21.4 Å². The van der Waals surface area contributed by atoms with E-state index in [9.17, 15) is 5.11 Å². The highest BCUT2D eigenvalue weighted by molar-refractivity contribution is 5.34. The Morgan fingerprint density at radius 1 is 1.44 bits per heavy atom. The summed E-state index contributed by atoms with van der Waals surface area (Å²) in [5.41, 5.74) is 3.37. The molecule has 2 atom stereocenters. The van der Waals surface area contributed by atoms with Crippen molar-refractivity contribution in [2.45, 2.75) is 18.6 Å². The van der Waals surface area contributed by atoms with Gasteiger partial charge >= 0.3 is 0 Å². The third-order valence-corrected chi connectivity index (χ3v) is 3.53. The van der Waals surface area contributed by atoms with Gasteiger partial charge in [-0.25, -0.2) is 0 Å². The number of hydrogen-bond acceptors (Lipinski definition) is 3. The van der Waals surface area contributed by atoms with Gasteiger partial charge in [0.2, 0.25) is 0 Å². The molecule has 2 unspecified atom stereocenters. The number of nitrogens with one attached hydrogen (secondary N) is 1. The average Bonchev–Trinajstić information content (AvgIpc) is 2.84. The van der Waals surface area contributed by atoms with E-state index in [2.05, 4.69) is 28.6 Å². The largest absolute Gasteiger partial charge is 0.386 e. The Balaban J connectivity index is 1.94. The minimum Gasteiger partial charge on any atom is -0.386 e. The Hall–Kier alpha value is -1.65. The van der Waals surface area contributed by atoms with Crippen LogP contribution in [0.1, 0.15) is 28.8 Å². The molecule has 3 rings (SSSR count). The van der Waals surface area contributed by atoms with E-state index in [0.717, 1.165) is 18.5 Å². The number of aliphatic hydroxyl groups is 1. The summed E-state index contributed by atoms with van der Waals surface area (Å²) in [6, 6.07) is 8.26. The Bertz CT molecular complexity index is 549. The van der Waals surface area contributed by atoms with Crippen LogP contribution in [0.4, 0.5) is 0 Å². The minimum atomic E-state index is -0.555. The van der Waals surface area contributed by atoms with E-state index in [-0.39, 0.29) is 6.04 Å². The lowest BCUT2D eigenvalue weighted by Crippen LogP contribution is -2.33. The van der Waals surface area contributed by atoms with Gasteiger partial charge in [-0.1, -0.05) is 24.3 Å². The predicted octanol–water partition coefficient (Wildman–Crippen LogP) is 1.34. The first kappa shape index (κ1) is 11.4. The van der Waals surface area contributed by atoms with Crippen molar-refractivity contribution in [2.24, 2.45) is 7.05 Å². The first-order chi connectivity index (χ1) is 8.75. The number of aromatic nitrogens is 2. The maximum atomic E-state index is 10.5. The third kappa shape index (κ3) is 1.94. The Morgan fingerprint density at radius 3 is 3.06 bits per heavy atom. The van der Waals surface area contributed by atoms with Crippen LogP contribution in [0.5, 0.6) is 0 Å². The minimum absolute atomic E-state index is 0.0425. The molecule has 1 aromatic carbocycles. The van der Waals surface area contributed by atoms with E-state index < -0.39 is 6.10 Å². The van der Waals surface area contributed by atoms with E-state index in [1.165, 1.54) is 11.1 Å². The molecule has 1 aliphatic heterocycles. The molecule has 2 N–H and O–H groups in total. The molecule has 0 saturated heterocycles. The topological polar surface area (TPSA) is 50.1 Å². The third-order valence-electron chi connectivity index (χ3n) is 3.53. The van der Waals surface area contributed by atoms with Crippen LogP contribution in [-0.2, 0) is 13.5 Å². The van der Waals surface area contributed by atoms with Crippen LogP contribution in [0.3, 0.4) is 0 Å². The molecule has 0 aliphatic carbocycles. The zero-order valence-electron chi connectivity index (χ0n) is 10.4. The van der Waals surface area contributed by atoms with E-state index in [1.54, 1.807) is 10.9 Å². The van der Waals surface area contributed by atoms with Gasteiger partial charge in [-0.05, 0) is 24.1 Å². The lowest BCUT2D eigenvalue weighted by molar-refractivity contribution is 0.125. The smallest absolute Gasteiger partial charge is 0.101 e. The van der Waals surface area contributed by atoms with Crippen molar-refractivity contribution in [2.75, 3.05) is 6.54 Å².